The van der Waals surface area contributed by atoms with Crippen molar-refractivity contribution in [3.05, 3.63) is 71.9 Å². The average Bonchev–Trinajstić information content (AvgIpc) is 3.34. The molecule has 37 heavy (non-hydrogen) atoms. The fourth-order valence-electron chi connectivity index (χ4n) is 3.47. The molecule has 1 heterocycles. The number of amides is 2. The van der Waals surface area contributed by atoms with E-state index >= 15 is 0 Å². The quantitative estimate of drug-likeness (QED) is 0.303. The van der Waals surface area contributed by atoms with Gasteiger partial charge in [-0.15, -0.1) is 0 Å². The molecule has 0 aliphatic heterocycles. The third-order valence-electron chi connectivity index (χ3n) is 5.45. The number of rotatable bonds is 13. The summed E-state index contributed by atoms with van der Waals surface area (Å²) in [4.78, 5) is 27.0. The predicted octanol–water partition coefficient (Wildman–Crippen LogP) is 3.53. The van der Waals surface area contributed by atoms with Crippen LogP contribution in [0.5, 0.6) is 17.2 Å². The van der Waals surface area contributed by atoms with E-state index in [9.17, 15) is 9.59 Å². The molecule has 0 unspecified atom stereocenters. The molecule has 0 spiro atoms. The van der Waals surface area contributed by atoms with E-state index in [2.05, 4.69) is 27.4 Å². The van der Waals surface area contributed by atoms with Crippen LogP contribution in [0.15, 0.2) is 55.1 Å². The monoisotopic (exact) mass is 507 g/mol. The molecule has 0 bridgehead atoms. The molecule has 196 valence electrons. The van der Waals surface area contributed by atoms with E-state index in [1.165, 1.54) is 0 Å². The van der Waals surface area contributed by atoms with E-state index in [0.29, 0.717) is 30.3 Å². The maximum absolute atomic E-state index is 13.0. The van der Waals surface area contributed by atoms with Gasteiger partial charge in [0, 0.05) is 30.4 Å². The Morgan fingerprint density at radius 3 is 2.38 bits per heavy atom. The molecule has 2 amide bonds. The van der Waals surface area contributed by atoms with E-state index < -0.39 is 11.8 Å². The summed E-state index contributed by atoms with van der Waals surface area (Å²) in [5.41, 5.74) is 2.48. The van der Waals surface area contributed by atoms with Gasteiger partial charge in [-0.05, 0) is 62.8 Å². The second-order valence-electron chi connectivity index (χ2n) is 8.51. The summed E-state index contributed by atoms with van der Waals surface area (Å²) in [5, 5.41) is 12.6. The Hall–Kier alpha value is -4.31. The lowest BCUT2D eigenvalue weighted by molar-refractivity contribution is -0.111. The van der Waals surface area contributed by atoms with Crippen LogP contribution in [0.4, 0.5) is 11.5 Å². The summed E-state index contributed by atoms with van der Waals surface area (Å²) in [6.45, 7) is 4.66. The first-order valence-corrected chi connectivity index (χ1v) is 11.7. The molecular formula is C27H33N5O5. The van der Waals surface area contributed by atoms with Gasteiger partial charge in [0.05, 0.1) is 25.5 Å². The highest BCUT2D eigenvalue weighted by atomic mass is 16.5. The minimum Gasteiger partial charge on any atom is -0.497 e. The van der Waals surface area contributed by atoms with Crippen LogP contribution in [0.2, 0.25) is 0 Å². The number of likely N-dealkylation sites (N-methyl/N-ethyl adjacent to an activating group) is 1. The van der Waals surface area contributed by atoms with Crippen LogP contribution in [-0.4, -0.2) is 68.4 Å². The van der Waals surface area contributed by atoms with Crippen molar-refractivity contribution in [2.45, 2.75) is 12.8 Å². The van der Waals surface area contributed by atoms with Gasteiger partial charge in [0.1, 0.15) is 23.9 Å². The van der Waals surface area contributed by atoms with Gasteiger partial charge in [0.15, 0.2) is 5.82 Å². The lowest BCUT2D eigenvalue weighted by atomic mass is 10.1. The number of H-pyrrole nitrogens is 1. The molecule has 3 aromatic rings. The maximum Gasteiger partial charge on any atom is 0.258 e. The number of aryl methyl sites for hydroxylation is 2. The van der Waals surface area contributed by atoms with Crippen LogP contribution in [0.25, 0.3) is 0 Å². The van der Waals surface area contributed by atoms with Crippen molar-refractivity contribution in [1.29, 1.82) is 0 Å². The third kappa shape index (κ3) is 8.11. The fraction of sp³-hybridized carbons (Fsp3) is 0.296. The van der Waals surface area contributed by atoms with Gasteiger partial charge in [-0.25, -0.2) is 0 Å². The summed E-state index contributed by atoms with van der Waals surface area (Å²) in [6.07, 6.45) is 2.52. The molecule has 2 aromatic carbocycles. The Kier molecular flexibility index (Phi) is 9.68. The fourth-order valence-corrected chi connectivity index (χ4v) is 3.47. The number of ether oxygens (including phenoxy) is 3. The van der Waals surface area contributed by atoms with E-state index in [4.69, 9.17) is 14.2 Å². The van der Waals surface area contributed by atoms with E-state index in [-0.39, 0.29) is 5.56 Å². The zero-order chi connectivity index (χ0) is 26.8. The Labute approximate surface area is 216 Å². The minimum atomic E-state index is -0.435. The highest BCUT2D eigenvalue weighted by Gasteiger charge is 2.16. The SMILES string of the molecule is C=CC(=O)Nc1cc(OCCN(C)C)ccc1C(=O)Nc1cc(CCc2cc(OC)cc(OC)c2)[nH]n1. The van der Waals surface area contributed by atoms with Crippen LogP contribution in [0.3, 0.4) is 0 Å². The number of carbonyl (C=O) groups is 2. The predicted molar refractivity (Wildman–Crippen MR) is 143 cm³/mol. The van der Waals surface area contributed by atoms with Crippen molar-refractivity contribution in [1.82, 2.24) is 15.1 Å². The third-order valence-corrected chi connectivity index (χ3v) is 5.45. The number of carbonyl (C=O) groups excluding carboxylic acids is 2. The Bertz CT molecular complexity index is 1220. The van der Waals surface area contributed by atoms with Crippen molar-refractivity contribution in [2.75, 3.05) is 52.1 Å². The van der Waals surface area contributed by atoms with Crippen LogP contribution >= 0.6 is 0 Å². The zero-order valence-electron chi connectivity index (χ0n) is 21.6. The van der Waals surface area contributed by atoms with Gasteiger partial charge in [0.2, 0.25) is 5.91 Å². The number of methoxy groups -OCH3 is 2. The summed E-state index contributed by atoms with van der Waals surface area (Å²) in [6, 6.07) is 12.4. The highest BCUT2D eigenvalue weighted by molar-refractivity contribution is 6.11. The molecule has 0 aliphatic rings. The molecule has 0 aliphatic carbocycles. The first kappa shape index (κ1) is 27.3. The molecule has 0 saturated carbocycles. The largest absolute Gasteiger partial charge is 0.497 e. The van der Waals surface area contributed by atoms with Gasteiger partial charge < -0.3 is 29.7 Å². The van der Waals surface area contributed by atoms with Crippen LogP contribution < -0.4 is 24.8 Å². The topological polar surface area (TPSA) is 118 Å². The lowest BCUT2D eigenvalue weighted by Crippen LogP contribution is -2.20. The second-order valence-corrected chi connectivity index (χ2v) is 8.51. The molecule has 1 aromatic heterocycles. The molecule has 0 fully saturated rings. The first-order valence-electron chi connectivity index (χ1n) is 11.7. The van der Waals surface area contributed by atoms with Gasteiger partial charge in [-0.1, -0.05) is 6.58 Å². The van der Waals surface area contributed by atoms with Gasteiger partial charge in [-0.3, -0.25) is 14.7 Å². The maximum atomic E-state index is 13.0. The van der Waals surface area contributed by atoms with E-state index in [1.807, 2.05) is 37.2 Å². The number of hydrogen-bond acceptors (Lipinski definition) is 7. The molecule has 10 heteroatoms. The van der Waals surface area contributed by atoms with Crippen LogP contribution in [0.1, 0.15) is 21.6 Å². The number of anilines is 2. The Morgan fingerprint density at radius 2 is 1.73 bits per heavy atom. The first-order chi connectivity index (χ1) is 17.8. The van der Waals surface area contributed by atoms with Crippen molar-refractivity contribution >= 4 is 23.3 Å². The zero-order valence-corrected chi connectivity index (χ0v) is 21.6. The summed E-state index contributed by atoms with van der Waals surface area (Å²) in [5.74, 6) is 1.50. The Balaban J connectivity index is 1.68. The minimum absolute atomic E-state index is 0.267. The number of hydrogen-bond donors (Lipinski definition) is 3. The molecule has 3 N–H and O–H groups in total. The molecule has 0 radical (unpaired) electrons. The number of benzene rings is 2. The standard InChI is InChI=1S/C27H33N5O5/c1-6-26(33)28-24-17-20(37-12-11-32(2)3)9-10-23(24)27(34)29-25-15-19(30-31-25)8-7-18-13-21(35-4)16-22(14-18)36-5/h6,9-10,13-17H,1,7-8,11-12H2,2-5H3,(H,28,33)(H2,29,30,31,34). The van der Waals surface area contributed by atoms with E-state index in [0.717, 1.165) is 41.8 Å². The van der Waals surface area contributed by atoms with Gasteiger partial charge >= 0.3 is 0 Å². The molecular weight excluding hydrogens is 474 g/mol. The van der Waals surface area contributed by atoms with Crippen molar-refractivity contribution in [3.8, 4) is 17.2 Å². The van der Waals surface area contributed by atoms with Crippen molar-refractivity contribution in [3.63, 3.8) is 0 Å². The highest BCUT2D eigenvalue weighted by Crippen LogP contribution is 2.25. The lowest BCUT2D eigenvalue weighted by Gasteiger charge is -2.14. The average molecular weight is 508 g/mol. The van der Waals surface area contributed by atoms with E-state index in [1.54, 1.807) is 38.5 Å². The molecule has 0 saturated heterocycles. The van der Waals surface area contributed by atoms with Crippen molar-refractivity contribution < 1.29 is 23.8 Å². The summed E-state index contributed by atoms with van der Waals surface area (Å²) < 4.78 is 16.4. The molecule has 0 atom stereocenters. The smallest absolute Gasteiger partial charge is 0.258 e. The summed E-state index contributed by atoms with van der Waals surface area (Å²) >= 11 is 0. The summed E-state index contributed by atoms with van der Waals surface area (Å²) in [7, 11) is 7.12. The molecule has 3 rings (SSSR count). The Morgan fingerprint density at radius 1 is 1.00 bits per heavy atom. The number of aromatic amines is 1. The van der Waals surface area contributed by atoms with Crippen molar-refractivity contribution in [2.24, 2.45) is 0 Å². The normalized spacial score (nSPS) is 10.6. The van der Waals surface area contributed by atoms with Gasteiger partial charge in [0.25, 0.3) is 5.91 Å². The van der Waals surface area contributed by atoms with Gasteiger partial charge in [-0.2, -0.15) is 5.10 Å². The number of nitrogens with one attached hydrogen (secondary N) is 3. The molecule has 10 nitrogen and oxygen atoms in total. The van der Waals surface area contributed by atoms with Crippen LogP contribution in [0, 0.1) is 0 Å². The van der Waals surface area contributed by atoms with Crippen LogP contribution in [-0.2, 0) is 17.6 Å². The number of aromatic nitrogens is 2. The second kappa shape index (κ2) is 13.1. The number of nitrogens with zero attached hydrogens (tertiary/aromatic N) is 2.